The Balaban J connectivity index is 2.23. The quantitative estimate of drug-likeness (QED) is 0.750. The summed E-state index contributed by atoms with van der Waals surface area (Å²) in [5, 5.41) is 9.03. The molecule has 1 aromatic rings. The summed E-state index contributed by atoms with van der Waals surface area (Å²) in [6.45, 7) is 3.15. The highest BCUT2D eigenvalue weighted by molar-refractivity contribution is 5.60. The third kappa shape index (κ3) is 2.30. The summed E-state index contributed by atoms with van der Waals surface area (Å²) in [6.07, 6.45) is 2.69. The lowest BCUT2D eigenvalue weighted by Gasteiger charge is -2.20. The van der Waals surface area contributed by atoms with E-state index >= 15 is 0 Å². The van der Waals surface area contributed by atoms with Crippen molar-refractivity contribution in [2.75, 3.05) is 18.5 Å². The molecule has 1 saturated carbocycles. The summed E-state index contributed by atoms with van der Waals surface area (Å²) in [5.41, 5.74) is 3.07. The number of hydrogen-bond acceptors (Lipinski definition) is 2. The molecule has 1 aliphatic rings. The van der Waals surface area contributed by atoms with Crippen molar-refractivity contribution in [3.8, 4) is 6.07 Å². The first-order valence-electron chi connectivity index (χ1n) is 5.42. The summed E-state index contributed by atoms with van der Waals surface area (Å²) in [5.74, 6) is 0.849. The third-order valence-corrected chi connectivity index (χ3v) is 2.91. The van der Waals surface area contributed by atoms with E-state index < -0.39 is 0 Å². The lowest BCUT2D eigenvalue weighted by Crippen LogP contribution is -2.20. The van der Waals surface area contributed by atoms with Crippen molar-refractivity contribution in [3.63, 3.8) is 0 Å². The van der Waals surface area contributed by atoms with E-state index in [9.17, 15) is 0 Å². The summed E-state index contributed by atoms with van der Waals surface area (Å²) >= 11 is 0. The van der Waals surface area contributed by atoms with Gasteiger partial charge in [0, 0.05) is 13.6 Å². The second-order valence-corrected chi connectivity index (χ2v) is 4.46. The molecule has 0 radical (unpaired) electrons. The van der Waals surface area contributed by atoms with Gasteiger partial charge in [0.2, 0.25) is 0 Å². The highest BCUT2D eigenvalue weighted by Crippen LogP contribution is 2.31. The SMILES string of the molecule is Cc1ccc(C#N)c(N(C)CC2CC2)c1. The zero-order valence-corrected chi connectivity index (χ0v) is 9.33. The predicted octanol–water partition coefficient (Wildman–Crippen LogP) is 2.71. The molecular formula is C13H16N2. The molecule has 0 amide bonds. The van der Waals surface area contributed by atoms with E-state index in [1.807, 2.05) is 12.1 Å². The van der Waals surface area contributed by atoms with Crippen LogP contribution in [0.5, 0.6) is 0 Å². The van der Waals surface area contributed by atoms with Crippen LogP contribution in [-0.2, 0) is 0 Å². The molecule has 1 aromatic carbocycles. The fraction of sp³-hybridized carbons (Fsp3) is 0.462. The molecular weight excluding hydrogens is 184 g/mol. The Morgan fingerprint density at radius 2 is 2.20 bits per heavy atom. The predicted molar refractivity (Wildman–Crippen MR) is 61.9 cm³/mol. The molecule has 15 heavy (non-hydrogen) atoms. The second kappa shape index (κ2) is 3.94. The van der Waals surface area contributed by atoms with Gasteiger partial charge in [0.1, 0.15) is 6.07 Å². The summed E-state index contributed by atoms with van der Waals surface area (Å²) in [4.78, 5) is 2.21. The minimum absolute atomic E-state index is 0.781. The minimum atomic E-state index is 0.781. The minimum Gasteiger partial charge on any atom is -0.373 e. The Hall–Kier alpha value is -1.49. The molecule has 0 aromatic heterocycles. The molecule has 0 heterocycles. The van der Waals surface area contributed by atoms with Crippen LogP contribution >= 0.6 is 0 Å². The summed E-state index contributed by atoms with van der Waals surface area (Å²) in [7, 11) is 2.08. The molecule has 0 unspecified atom stereocenters. The van der Waals surface area contributed by atoms with Crippen molar-refractivity contribution in [2.24, 2.45) is 5.92 Å². The van der Waals surface area contributed by atoms with Crippen molar-refractivity contribution >= 4 is 5.69 Å². The van der Waals surface area contributed by atoms with E-state index in [-0.39, 0.29) is 0 Å². The monoisotopic (exact) mass is 200 g/mol. The first-order chi connectivity index (χ1) is 7.20. The molecule has 0 atom stereocenters. The van der Waals surface area contributed by atoms with Crippen LogP contribution in [-0.4, -0.2) is 13.6 Å². The maximum atomic E-state index is 9.03. The number of nitrogens with zero attached hydrogens (tertiary/aromatic N) is 2. The van der Waals surface area contributed by atoms with Crippen LogP contribution in [0.2, 0.25) is 0 Å². The fourth-order valence-corrected chi connectivity index (χ4v) is 1.84. The molecule has 0 N–H and O–H groups in total. The molecule has 1 fully saturated rings. The molecule has 0 aliphatic heterocycles. The highest BCUT2D eigenvalue weighted by atomic mass is 15.1. The van der Waals surface area contributed by atoms with Gasteiger partial charge in [0.25, 0.3) is 0 Å². The van der Waals surface area contributed by atoms with E-state index in [0.29, 0.717) is 0 Å². The largest absolute Gasteiger partial charge is 0.373 e. The van der Waals surface area contributed by atoms with Gasteiger partial charge in [-0.2, -0.15) is 5.26 Å². The molecule has 0 bridgehead atoms. The maximum absolute atomic E-state index is 9.03. The maximum Gasteiger partial charge on any atom is 0.101 e. The van der Waals surface area contributed by atoms with Crippen LogP contribution in [0, 0.1) is 24.2 Å². The van der Waals surface area contributed by atoms with Gasteiger partial charge in [-0.15, -0.1) is 0 Å². The summed E-state index contributed by atoms with van der Waals surface area (Å²) in [6, 6.07) is 8.26. The number of aryl methyl sites for hydroxylation is 1. The van der Waals surface area contributed by atoms with Crippen molar-refractivity contribution in [2.45, 2.75) is 19.8 Å². The van der Waals surface area contributed by atoms with E-state index in [0.717, 1.165) is 23.7 Å². The van der Waals surface area contributed by atoms with Crippen molar-refractivity contribution < 1.29 is 0 Å². The molecule has 2 heteroatoms. The van der Waals surface area contributed by atoms with Crippen LogP contribution in [0.1, 0.15) is 24.0 Å². The van der Waals surface area contributed by atoms with Gasteiger partial charge in [0.05, 0.1) is 11.3 Å². The molecule has 2 rings (SSSR count). The number of benzene rings is 1. The van der Waals surface area contributed by atoms with Crippen molar-refractivity contribution in [3.05, 3.63) is 29.3 Å². The first-order valence-corrected chi connectivity index (χ1v) is 5.42. The standard InChI is InChI=1S/C13H16N2/c1-10-3-6-12(8-14)13(7-10)15(2)9-11-4-5-11/h3,6-7,11H,4-5,9H2,1-2H3. The second-order valence-electron chi connectivity index (χ2n) is 4.46. The van der Waals surface area contributed by atoms with E-state index in [1.165, 1.54) is 18.4 Å². The average molecular weight is 200 g/mol. The van der Waals surface area contributed by atoms with E-state index in [2.05, 4.69) is 31.0 Å². The molecule has 2 nitrogen and oxygen atoms in total. The molecule has 78 valence electrons. The molecule has 0 saturated heterocycles. The normalized spacial score (nSPS) is 14.7. The van der Waals surface area contributed by atoms with Crippen molar-refractivity contribution in [1.29, 1.82) is 5.26 Å². The number of rotatable bonds is 3. The van der Waals surface area contributed by atoms with Crippen LogP contribution in [0.4, 0.5) is 5.69 Å². The topological polar surface area (TPSA) is 27.0 Å². The zero-order valence-electron chi connectivity index (χ0n) is 9.33. The van der Waals surface area contributed by atoms with E-state index in [4.69, 9.17) is 5.26 Å². The van der Waals surface area contributed by atoms with Gasteiger partial charge >= 0.3 is 0 Å². The van der Waals surface area contributed by atoms with Crippen LogP contribution < -0.4 is 4.90 Å². The van der Waals surface area contributed by atoms with Gasteiger partial charge in [-0.05, 0) is 43.4 Å². The Kier molecular flexibility index (Phi) is 2.64. The first kappa shape index (κ1) is 10.0. The van der Waals surface area contributed by atoms with Gasteiger partial charge in [-0.3, -0.25) is 0 Å². The van der Waals surface area contributed by atoms with Crippen LogP contribution in [0.15, 0.2) is 18.2 Å². The van der Waals surface area contributed by atoms with Crippen LogP contribution in [0.3, 0.4) is 0 Å². The number of hydrogen-bond donors (Lipinski definition) is 0. The lowest BCUT2D eigenvalue weighted by atomic mass is 10.1. The third-order valence-electron chi connectivity index (χ3n) is 2.91. The average Bonchev–Trinajstić information content (AvgIpc) is 3.01. The Morgan fingerprint density at radius 3 is 2.80 bits per heavy atom. The van der Waals surface area contributed by atoms with Gasteiger partial charge in [-0.25, -0.2) is 0 Å². The van der Waals surface area contributed by atoms with Gasteiger partial charge < -0.3 is 4.90 Å². The van der Waals surface area contributed by atoms with Gasteiger partial charge in [0.15, 0.2) is 0 Å². The smallest absolute Gasteiger partial charge is 0.101 e. The van der Waals surface area contributed by atoms with Crippen molar-refractivity contribution in [1.82, 2.24) is 0 Å². The summed E-state index contributed by atoms with van der Waals surface area (Å²) < 4.78 is 0. The van der Waals surface area contributed by atoms with Gasteiger partial charge in [-0.1, -0.05) is 6.07 Å². The highest BCUT2D eigenvalue weighted by Gasteiger charge is 2.23. The molecule has 0 spiro atoms. The molecule has 1 aliphatic carbocycles. The lowest BCUT2D eigenvalue weighted by molar-refractivity contribution is 0.786. The number of anilines is 1. The fourth-order valence-electron chi connectivity index (χ4n) is 1.84. The Labute approximate surface area is 91.1 Å². The zero-order chi connectivity index (χ0) is 10.8. The van der Waals surface area contributed by atoms with Crippen LogP contribution in [0.25, 0.3) is 0 Å². The van der Waals surface area contributed by atoms with E-state index in [1.54, 1.807) is 0 Å². The Bertz CT molecular complexity index is 399. The number of nitriles is 1. The Morgan fingerprint density at radius 1 is 1.47 bits per heavy atom.